The highest BCUT2D eigenvalue weighted by Gasteiger charge is 2.36. The van der Waals surface area contributed by atoms with E-state index in [9.17, 15) is 9.18 Å². The van der Waals surface area contributed by atoms with Crippen LogP contribution in [-0.2, 0) is 4.79 Å². The number of ether oxygens (including phenoxy) is 1. The van der Waals surface area contributed by atoms with Crippen LogP contribution < -0.4 is 4.74 Å². The first-order chi connectivity index (χ1) is 8.86. The molecule has 1 fully saturated rings. The summed E-state index contributed by atoms with van der Waals surface area (Å²) in [6.07, 6.45) is 0.622. The lowest BCUT2D eigenvalue weighted by molar-refractivity contribution is -0.141. The highest BCUT2D eigenvalue weighted by Crippen LogP contribution is 2.23. The molecule has 1 amide bonds. The fourth-order valence-electron chi connectivity index (χ4n) is 2.09. The van der Waals surface area contributed by atoms with Crippen LogP contribution in [0.2, 0.25) is 5.02 Å². The molecule has 0 aliphatic carbocycles. The average Bonchev–Trinajstić information content (AvgIpc) is 2.78. The van der Waals surface area contributed by atoms with Crippen LogP contribution in [-0.4, -0.2) is 35.7 Å². The van der Waals surface area contributed by atoms with E-state index in [4.69, 9.17) is 16.3 Å². The molecule has 104 valence electrons. The largest absolute Gasteiger partial charge is 0.489 e. The van der Waals surface area contributed by atoms with Crippen molar-refractivity contribution in [2.45, 2.75) is 32.0 Å². The van der Waals surface area contributed by atoms with Gasteiger partial charge in [0.15, 0.2) is 5.67 Å². The number of amides is 1. The molecular weight excluding hydrogens is 269 g/mol. The monoisotopic (exact) mass is 285 g/mol. The minimum absolute atomic E-state index is 0.0903. The third-order valence-electron chi connectivity index (χ3n) is 3.06. The van der Waals surface area contributed by atoms with Crippen molar-refractivity contribution in [2.75, 3.05) is 13.1 Å². The zero-order valence-corrected chi connectivity index (χ0v) is 11.8. The number of rotatable bonds is 3. The first kappa shape index (κ1) is 14.1. The van der Waals surface area contributed by atoms with Crippen LogP contribution in [0.1, 0.15) is 20.3 Å². The molecule has 2 rings (SSSR count). The predicted octanol–water partition coefficient (Wildman–Crippen LogP) is 3.07. The lowest BCUT2D eigenvalue weighted by atomic mass is 10.1. The number of alkyl halides is 1. The number of halogens is 2. The van der Waals surface area contributed by atoms with Crippen LogP contribution in [0.4, 0.5) is 4.39 Å². The molecule has 1 aliphatic heterocycles. The number of likely N-dealkylation sites (tertiary alicyclic amines) is 1. The number of carbonyl (C=O) groups excluding carboxylic acids is 1. The van der Waals surface area contributed by atoms with Crippen molar-refractivity contribution in [1.82, 2.24) is 4.90 Å². The maximum atomic E-state index is 13.6. The molecular formula is C14H17ClFNO2. The van der Waals surface area contributed by atoms with Crippen molar-refractivity contribution < 1.29 is 13.9 Å². The van der Waals surface area contributed by atoms with Gasteiger partial charge in [0.2, 0.25) is 0 Å². The predicted molar refractivity (Wildman–Crippen MR) is 72.3 cm³/mol. The second-order valence-electron chi connectivity index (χ2n) is 5.21. The molecule has 0 radical (unpaired) electrons. The Balaban J connectivity index is 1.92. The van der Waals surface area contributed by atoms with Crippen LogP contribution >= 0.6 is 11.6 Å². The molecule has 1 saturated heterocycles. The van der Waals surface area contributed by atoms with E-state index in [0.29, 0.717) is 30.3 Å². The lowest BCUT2D eigenvalue weighted by Gasteiger charge is -2.22. The van der Waals surface area contributed by atoms with Gasteiger partial charge < -0.3 is 9.64 Å². The van der Waals surface area contributed by atoms with Crippen LogP contribution in [0.3, 0.4) is 0 Å². The molecule has 19 heavy (non-hydrogen) atoms. The van der Waals surface area contributed by atoms with Crippen molar-refractivity contribution in [1.29, 1.82) is 0 Å². The molecule has 3 nitrogen and oxygen atoms in total. The normalized spacial score (nSPS) is 19.6. The van der Waals surface area contributed by atoms with Crippen LogP contribution in [0.25, 0.3) is 0 Å². The van der Waals surface area contributed by atoms with Gasteiger partial charge in [0.05, 0.1) is 6.54 Å². The zero-order chi connectivity index (χ0) is 14.0. The Hall–Kier alpha value is -1.29. The Labute approximate surface area is 117 Å². The summed E-state index contributed by atoms with van der Waals surface area (Å²) < 4.78 is 19.3. The van der Waals surface area contributed by atoms with E-state index in [0.717, 1.165) is 0 Å². The summed E-state index contributed by atoms with van der Waals surface area (Å²) in [5, 5.41) is 0.648. The van der Waals surface area contributed by atoms with Crippen molar-refractivity contribution in [3.63, 3.8) is 0 Å². The molecule has 0 aromatic heterocycles. The van der Waals surface area contributed by atoms with Crippen LogP contribution in [0.5, 0.6) is 5.75 Å². The first-order valence-corrected chi connectivity index (χ1v) is 6.64. The Bertz CT molecular complexity index is 456. The Morgan fingerprint density at radius 1 is 1.42 bits per heavy atom. The van der Waals surface area contributed by atoms with Crippen LogP contribution in [0.15, 0.2) is 24.3 Å². The standard InChI is InChI=1S/C14H17ClFNO2/c1-14(2,16)13(18)17-8-7-12(9-17)19-11-5-3-10(15)4-6-11/h3-6,12H,7-9H2,1-2H3. The van der Waals surface area contributed by atoms with Gasteiger partial charge >= 0.3 is 0 Å². The Kier molecular flexibility index (Phi) is 3.99. The number of hydrogen-bond donors (Lipinski definition) is 0. The van der Waals surface area contributed by atoms with Gasteiger partial charge in [0.1, 0.15) is 11.9 Å². The molecule has 1 aromatic rings. The molecule has 0 saturated carbocycles. The number of nitrogens with zero attached hydrogens (tertiary/aromatic N) is 1. The quantitative estimate of drug-likeness (QED) is 0.854. The third-order valence-corrected chi connectivity index (χ3v) is 3.31. The van der Waals surface area contributed by atoms with Gasteiger partial charge in [-0.15, -0.1) is 0 Å². The van der Waals surface area contributed by atoms with Crippen molar-refractivity contribution >= 4 is 17.5 Å². The smallest absolute Gasteiger partial charge is 0.259 e. The zero-order valence-electron chi connectivity index (χ0n) is 11.0. The molecule has 1 unspecified atom stereocenters. The van der Waals surface area contributed by atoms with Gasteiger partial charge in [0.25, 0.3) is 5.91 Å². The fraction of sp³-hybridized carbons (Fsp3) is 0.500. The third kappa shape index (κ3) is 3.60. The van der Waals surface area contributed by atoms with E-state index < -0.39 is 11.6 Å². The maximum absolute atomic E-state index is 13.6. The van der Waals surface area contributed by atoms with Crippen molar-refractivity contribution in [2.24, 2.45) is 0 Å². The summed E-state index contributed by atoms with van der Waals surface area (Å²) in [5.41, 5.74) is -1.82. The van der Waals surface area contributed by atoms with E-state index in [1.807, 2.05) is 0 Å². The van der Waals surface area contributed by atoms with E-state index in [1.54, 1.807) is 24.3 Å². The van der Waals surface area contributed by atoms with Crippen molar-refractivity contribution in [3.05, 3.63) is 29.3 Å². The van der Waals surface area contributed by atoms with E-state index in [1.165, 1.54) is 18.7 Å². The minimum Gasteiger partial charge on any atom is -0.489 e. The second kappa shape index (κ2) is 5.37. The Morgan fingerprint density at radius 3 is 2.63 bits per heavy atom. The highest BCUT2D eigenvalue weighted by molar-refractivity contribution is 6.30. The molecule has 1 aliphatic rings. The minimum atomic E-state index is -1.82. The highest BCUT2D eigenvalue weighted by atomic mass is 35.5. The number of carbonyl (C=O) groups is 1. The molecule has 0 spiro atoms. The summed E-state index contributed by atoms with van der Waals surface area (Å²) >= 11 is 5.79. The summed E-state index contributed by atoms with van der Waals surface area (Å²) in [5.74, 6) is 0.234. The number of hydrogen-bond acceptors (Lipinski definition) is 2. The van der Waals surface area contributed by atoms with E-state index in [-0.39, 0.29) is 6.10 Å². The van der Waals surface area contributed by atoms with Gasteiger partial charge in [0, 0.05) is 18.0 Å². The Morgan fingerprint density at radius 2 is 2.05 bits per heavy atom. The molecule has 0 N–H and O–H groups in total. The van der Waals surface area contributed by atoms with E-state index >= 15 is 0 Å². The summed E-state index contributed by atoms with van der Waals surface area (Å²) in [4.78, 5) is 13.3. The van der Waals surface area contributed by atoms with Gasteiger partial charge in [-0.1, -0.05) is 11.6 Å². The maximum Gasteiger partial charge on any atom is 0.259 e. The lowest BCUT2D eigenvalue weighted by Crippen LogP contribution is -2.42. The molecule has 1 aromatic carbocycles. The summed E-state index contributed by atoms with van der Waals surface area (Å²) in [6, 6.07) is 7.07. The SMILES string of the molecule is CC(C)(F)C(=O)N1CCC(Oc2ccc(Cl)cc2)C1. The molecule has 0 bridgehead atoms. The molecule has 5 heteroatoms. The fourth-order valence-corrected chi connectivity index (χ4v) is 2.22. The van der Waals surface area contributed by atoms with Crippen LogP contribution in [0, 0.1) is 0 Å². The summed E-state index contributed by atoms with van der Waals surface area (Å²) in [7, 11) is 0. The summed E-state index contributed by atoms with van der Waals surface area (Å²) in [6.45, 7) is 3.52. The first-order valence-electron chi connectivity index (χ1n) is 6.27. The van der Waals surface area contributed by atoms with Gasteiger partial charge in [-0.05, 0) is 38.1 Å². The molecule has 1 atom stereocenters. The van der Waals surface area contributed by atoms with E-state index in [2.05, 4.69) is 0 Å². The van der Waals surface area contributed by atoms with Gasteiger partial charge in [-0.25, -0.2) is 4.39 Å². The van der Waals surface area contributed by atoms with Gasteiger partial charge in [-0.2, -0.15) is 0 Å². The van der Waals surface area contributed by atoms with Crippen molar-refractivity contribution in [3.8, 4) is 5.75 Å². The second-order valence-corrected chi connectivity index (χ2v) is 5.64. The molecule has 1 heterocycles. The van der Waals surface area contributed by atoms with Gasteiger partial charge in [-0.3, -0.25) is 4.79 Å². The number of benzene rings is 1. The average molecular weight is 286 g/mol. The topological polar surface area (TPSA) is 29.5 Å².